The third-order valence-corrected chi connectivity index (χ3v) is 6.98. The Kier molecular flexibility index (Phi) is 5.83. The highest BCUT2D eigenvalue weighted by Gasteiger charge is 2.30. The van der Waals surface area contributed by atoms with Gasteiger partial charge in [-0.2, -0.15) is 4.31 Å². The Balaban J connectivity index is 1.78. The van der Waals surface area contributed by atoms with Crippen molar-refractivity contribution in [3.63, 3.8) is 0 Å². The minimum Gasteiger partial charge on any atom is -0.319 e. The van der Waals surface area contributed by atoms with E-state index in [-0.39, 0.29) is 27.2 Å². The summed E-state index contributed by atoms with van der Waals surface area (Å²) in [7, 11) is -3.60. The molecule has 3 rings (SSSR count). The van der Waals surface area contributed by atoms with Gasteiger partial charge in [0.25, 0.3) is 5.91 Å². The standard InChI is InChI=1S/C19H20ClFN2O3S/c1-13-5-2-3-12-23(13)27(25,26)15-10-8-14(9-11-15)19(24)22-17-7-4-6-16(20)18(17)21/h4,6-11,13H,2-3,5,12H2,1H3,(H,22,24). The Bertz CT molecular complexity index is 948. The van der Waals surface area contributed by atoms with E-state index < -0.39 is 21.7 Å². The lowest BCUT2D eigenvalue weighted by Gasteiger charge is -2.32. The number of rotatable bonds is 4. The van der Waals surface area contributed by atoms with E-state index in [0.717, 1.165) is 19.3 Å². The second-order valence-corrected chi connectivity index (χ2v) is 8.84. The number of halogens is 2. The maximum absolute atomic E-state index is 13.9. The van der Waals surface area contributed by atoms with E-state index in [0.29, 0.717) is 6.54 Å². The minimum absolute atomic E-state index is 0.0358. The Labute approximate surface area is 163 Å². The zero-order chi connectivity index (χ0) is 19.6. The summed E-state index contributed by atoms with van der Waals surface area (Å²) < 4.78 is 41.0. The zero-order valence-electron chi connectivity index (χ0n) is 14.8. The number of piperidine rings is 1. The molecule has 1 saturated heterocycles. The molecule has 1 aliphatic rings. The molecule has 1 heterocycles. The van der Waals surface area contributed by atoms with Crippen LogP contribution in [0, 0.1) is 5.82 Å². The summed E-state index contributed by atoms with van der Waals surface area (Å²) in [4.78, 5) is 12.5. The normalized spacial score (nSPS) is 18.3. The smallest absolute Gasteiger partial charge is 0.255 e. The highest BCUT2D eigenvalue weighted by molar-refractivity contribution is 7.89. The Morgan fingerprint density at radius 2 is 1.89 bits per heavy atom. The number of amides is 1. The topological polar surface area (TPSA) is 66.5 Å². The van der Waals surface area contributed by atoms with Crippen LogP contribution in [0.3, 0.4) is 0 Å². The SMILES string of the molecule is CC1CCCCN1S(=O)(=O)c1ccc(C(=O)Nc2cccc(Cl)c2F)cc1. The minimum atomic E-state index is -3.60. The molecule has 144 valence electrons. The molecule has 0 aromatic heterocycles. The third kappa shape index (κ3) is 4.15. The average molecular weight is 411 g/mol. The Morgan fingerprint density at radius 3 is 2.56 bits per heavy atom. The molecule has 8 heteroatoms. The fourth-order valence-electron chi connectivity index (χ4n) is 3.14. The van der Waals surface area contributed by atoms with E-state index in [2.05, 4.69) is 5.32 Å². The molecule has 0 radical (unpaired) electrons. The van der Waals surface area contributed by atoms with Crippen molar-refractivity contribution in [2.45, 2.75) is 37.1 Å². The van der Waals surface area contributed by atoms with Crippen LogP contribution in [0.15, 0.2) is 47.4 Å². The molecule has 1 amide bonds. The number of carbonyl (C=O) groups excluding carboxylic acids is 1. The third-order valence-electron chi connectivity index (χ3n) is 4.66. The molecular formula is C19H20ClFN2O3S. The van der Waals surface area contributed by atoms with Crippen LogP contribution in [0.4, 0.5) is 10.1 Å². The number of nitrogens with zero attached hydrogens (tertiary/aromatic N) is 1. The van der Waals surface area contributed by atoms with E-state index in [1.165, 1.54) is 46.8 Å². The lowest BCUT2D eigenvalue weighted by atomic mass is 10.1. The van der Waals surface area contributed by atoms with E-state index in [1.807, 2.05) is 6.92 Å². The van der Waals surface area contributed by atoms with Gasteiger partial charge in [0.1, 0.15) is 0 Å². The largest absolute Gasteiger partial charge is 0.319 e. The highest BCUT2D eigenvalue weighted by Crippen LogP contribution is 2.26. The van der Waals surface area contributed by atoms with Gasteiger partial charge in [-0.3, -0.25) is 4.79 Å². The molecule has 0 bridgehead atoms. The quantitative estimate of drug-likeness (QED) is 0.817. The molecular weight excluding hydrogens is 391 g/mol. The van der Waals surface area contributed by atoms with Crippen molar-refractivity contribution >= 4 is 33.2 Å². The van der Waals surface area contributed by atoms with Gasteiger partial charge in [-0.05, 0) is 56.2 Å². The van der Waals surface area contributed by atoms with Gasteiger partial charge in [-0.25, -0.2) is 12.8 Å². The zero-order valence-corrected chi connectivity index (χ0v) is 16.4. The molecule has 0 aliphatic carbocycles. The molecule has 1 unspecified atom stereocenters. The molecule has 27 heavy (non-hydrogen) atoms. The van der Waals surface area contributed by atoms with Crippen molar-refractivity contribution in [2.24, 2.45) is 0 Å². The van der Waals surface area contributed by atoms with Gasteiger partial charge in [-0.15, -0.1) is 0 Å². The van der Waals surface area contributed by atoms with Gasteiger partial charge in [0.05, 0.1) is 15.6 Å². The second-order valence-electron chi connectivity index (χ2n) is 6.54. The molecule has 1 N–H and O–H groups in total. The van der Waals surface area contributed by atoms with Crippen LogP contribution >= 0.6 is 11.6 Å². The number of nitrogens with one attached hydrogen (secondary N) is 1. The fraction of sp³-hybridized carbons (Fsp3) is 0.316. The van der Waals surface area contributed by atoms with Gasteiger partial charge < -0.3 is 5.32 Å². The van der Waals surface area contributed by atoms with Crippen LogP contribution in [-0.4, -0.2) is 31.2 Å². The van der Waals surface area contributed by atoms with Gasteiger partial charge in [0.2, 0.25) is 10.0 Å². The Morgan fingerprint density at radius 1 is 1.19 bits per heavy atom. The maximum atomic E-state index is 13.9. The monoisotopic (exact) mass is 410 g/mol. The lowest BCUT2D eigenvalue weighted by molar-refractivity contribution is 0.102. The lowest BCUT2D eigenvalue weighted by Crippen LogP contribution is -2.41. The number of hydrogen-bond donors (Lipinski definition) is 1. The summed E-state index contributed by atoms with van der Waals surface area (Å²) in [6.07, 6.45) is 2.70. The summed E-state index contributed by atoms with van der Waals surface area (Å²) in [5, 5.41) is 2.35. The molecule has 0 spiro atoms. The van der Waals surface area contributed by atoms with Crippen LogP contribution in [-0.2, 0) is 10.0 Å². The predicted molar refractivity (Wildman–Crippen MR) is 103 cm³/mol. The number of carbonyl (C=O) groups is 1. The maximum Gasteiger partial charge on any atom is 0.255 e. The summed E-state index contributed by atoms with van der Waals surface area (Å²) in [5.41, 5.74) is 0.186. The highest BCUT2D eigenvalue weighted by atomic mass is 35.5. The average Bonchev–Trinajstić information content (AvgIpc) is 2.65. The van der Waals surface area contributed by atoms with Gasteiger partial charge >= 0.3 is 0 Å². The van der Waals surface area contributed by atoms with Gasteiger partial charge in [0, 0.05) is 18.2 Å². The van der Waals surface area contributed by atoms with Crippen molar-refractivity contribution in [1.29, 1.82) is 0 Å². The van der Waals surface area contributed by atoms with Crippen LogP contribution in [0.1, 0.15) is 36.5 Å². The molecule has 2 aromatic carbocycles. The van der Waals surface area contributed by atoms with Crippen LogP contribution in [0.25, 0.3) is 0 Å². The van der Waals surface area contributed by atoms with Crippen molar-refractivity contribution in [1.82, 2.24) is 4.31 Å². The first-order valence-corrected chi connectivity index (χ1v) is 10.5. The molecule has 1 atom stereocenters. The van der Waals surface area contributed by atoms with E-state index in [4.69, 9.17) is 11.6 Å². The molecule has 0 saturated carbocycles. The summed E-state index contributed by atoms with van der Waals surface area (Å²) in [5.74, 6) is -1.27. The first-order valence-electron chi connectivity index (χ1n) is 8.68. The van der Waals surface area contributed by atoms with Crippen molar-refractivity contribution in [3.05, 3.63) is 58.9 Å². The number of benzene rings is 2. The first-order chi connectivity index (χ1) is 12.8. The van der Waals surface area contributed by atoms with Crippen LogP contribution in [0.5, 0.6) is 0 Å². The Hall–Kier alpha value is -1.96. The van der Waals surface area contributed by atoms with Gasteiger partial charge in [-0.1, -0.05) is 24.1 Å². The number of anilines is 1. The van der Waals surface area contributed by atoms with Crippen molar-refractivity contribution in [3.8, 4) is 0 Å². The van der Waals surface area contributed by atoms with Gasteiger partial charge in [0.15, 0.2) is 5.82 Å². The van der Waals surface area contributed by atoms with E-state index >= 15 is 0 Å². The molecule has 5 nitrogen and oxygen atoms in total. The molecule has 1 aliphatic heterocycles. The van der Waals surface area contributed by atoms with Crippen LogP contribution in [0.2, 0.25) is 5.02 Å². The van der Waals surface area contributed by atoms with E-state index in [1.54, 1.807) is 0 Å². The first kappa shape index (κ1) is 19.8. The number of hydrogen-bond acceptors (Lipinski definition) is 3. The van der Waals surface area contributed by atoms with E-state index in [9.17, 15) is 17.6 Å². The molecule has 2 aromatic rings. The summed E-state index contributed by atoms with van der Waals surface area (Å²) in [6, 6.07) is 9.90. The fourth-order valence-corrected chi connectivity index (χ4v) is 5.01. The summed E-state index contributed by atoms with van der Waals surface area (Å²) in [6.45, 7) is 2.40. The van der Waals surface area contributed by atoms with Crippen molar-refractivity contribution in [2.75, 3.05) is 11.9 Å². The predicted octanol–water partition coefficient (Wildman–Crippen LogP) is 4.29. The van der Waals surface area contributed by atoms with Crippen LogP contribution < -0.4 is 5.32 Å². The second kappa shape index (κ2) is 7.96. The van der Waals surface area contributed by atoms with Crippen molar-refractivity contribution < 1.29 is 17.6 Å². The number of sulfonamides is 1. The summed E-state index contributed by atoms with van der Waals surface area (Å²) >= 11 is 5.70. The molecule has 1 fully saturated rings.